The van der Waals surface area contributed by atoms with Crippen LogP contribution in [0.5, 0.6) is 5.06 Å². The minimum absolute atomic E-state index is 0.110. The molecule has 2 atom stereocenters. The Hall–Kier alpha value is -2.93. The molecule has 1 saturated heterocycles. The van der Waals surface area contributed by atoms with E-state index in [-0.39, 0.29) is 33.8 Å². The number of aryl methyl sites for hydroxylation is 1. The van der Waals surface area contributed by atoms with Gasteiger partial charge in [-0.25, -0.2) is 19.7 Å². The van der Waals surface area contributed by atoms with Gasteiger partial charge in [0.25, 0.3) is 5.91 Å². The van der Waals surface area contributed by atoms with Crippen molar-refractivity contribution in [3.05, 3.63) is 40.0 Å². The maximum absolute atomic E-state index is 12.8. The molecule has 3 aromatic rings. The first-order valence-corrected chi connectivity index (χ1v) is 11.7. The monoisotopic (exact) mass is 526 g/mol. The first-order valence-electron chi connectivity index (χ1n) is 10.1. The Labute approximate surface area is 208 Å². The highest BCUT2D eigenvalue weighted by atomic mass is 35.5. The van der Waals surface area contributed by atoms with Gasteiger partial charge in [-0.1, -0.05) is 34.5 Å². The molecule has 11 nitrogen and oxygen atoms in total. The molecule has 0 aliphatic carbocycles. The molecule has 1 aliphatic heterocycles. The third kappa shape index (κ3) is 4.94. The van der Waals surface area contributed by atoms with Crippen LogP contribution in [0.1, 0.15) is 22.6 Å². The Morgan fingerprint density at radius 1 is 1.35 bits per heavy atom. The zero-order valence-corrected chi connectivity index (χ0v) is 20.4. The standard InChI is InChI=1S/C20H20Cl2N6O5S/c1-9-13(21)14(22)16(25-9)17(29)26-10-4-6-28(7-12(10)32-2)19-27-15(11-3-5-23-8-24-11)18(34-19)33-20(30)31/h3,5,8,10,12,25H,4,6-7H2,1-2H3,(H,26,29)(H,30,31)/t10-,12+/m1/s1. The predicted octanol–water partition coefficient (Wildman–Crippen LogP) is 3.62. The molecule has 4 heterocycles. The van der Waals surface area contributed by atoms with E-state index in [9.17, 15) is 9.59 Å². The molecule has 34 heavy (non-hydrogen) atoms. The zero-order valence-electron chi connectivity index (χ0n) is 18.0. The lowest BCUT2D eigenvalue weighted by atomic mass is 10.0. The fraction of sp³-hybridized carbons (Fsp3) is 0.350. The molecular formula is C20H20Cl2N6O5S. The lowest BCUT2D eigenvalue weighted by Crippen LogP contribution is -2.55. The average molecular weight is 527 g/mol. The largest absolute Gasteiger partial charge is 0.512 e. The number of nitrogens with zero attached hydrogens (tertiary/aromatic N) is 4. The summed E-state index contributed by atoms with van der Waals surface area (Å²) in [5, 5.41) is 13.2. The molecule has 4 rings (SSSR count). The van der Waals surface area contributed by atoms with Crippen molar-refractivity contribution >= 4 is 51.7 Å². The molecular weight excluding hydrogens is 507 g/mol. The smallest absolute Gasteiger partial charge is 0.449 e. The van der Waals surface area contributed by atoms with Gasteiger partial charge in [0.2, 0.25) is 5.06 Å². The summed E-state index contributed by atoms with van der Waals surface area (Å²) in [6.07, 6.45) is 1.62. The summed E-state index contributed by atoms with van der Waals surface area (Å²) in [4.78, 5) is 41.4. The van der Waals surface area contributed by atoms with Crippen molar-refractivity contribution in [1.82, 2.24) is 25.3 Å². The van der Waals surface area contributed by atoms with Crippen molar-refractivity contribution in [2.45, 2.75) is 25.5 Å². The highest BCUT2D eigenvalue weighted by molar-refractivity contribution is 7.18. The highest BCUT2D eigenvalue weighted by Gasteiger charge is 2.34. The van der Waals surface area contributed by atoms with Gasteiger partial charge in [0.15, 0.2) is 5.13 Å². The number of ether oxygens (including phenoxy) is 2. The van der Waals surface area contributed by atoms with Crippen LogP contribution in [0.2, 0.25) is 10.0 Å². The van der Waals surface area contributed by atoms with E-state index in [0.29, 0.717) is 46.7 Å². The molecule has 3 aromatic heterocycles. The summed E-state index contributed by atoms with van der Waals surface area (Å²) in [6, 6.07) is 1.33. The van der Waals surface area contributed by atoms with Crippen LogP contribution < -0.4 is 15.0 Å². The quantitative estimate of drug-likeness (QED) is 0.410. The van der Waals surface area contributed by atoms with Crippen LogP contribution in [0.15, 0.2) is 18.6 Å². The van der Waals surface area contributed by atoms with Crippen molar-refractivity contribution in [3.8, 4) is 16.5 Å². The molecule has 0 saturated carbocycles. The number of carbonyl (C=O) groups is 2. The summed E-state index contributed by atoms with van der Waals surface area (Å²) >= 11 is 13.3. The van der Waals surface area contributed by atoms with Gasteiger partial charge < -0.3 is 29.8 Å². The number of carbonyl (C=O) groups excluding carboxylic acids is 1. The molecule has 0 spiro atoms. The molecule has 0 radical (unpaired) electrons. The van der Waals surface area contributed by atoms with Gasteiger partial charge >= 0.3 is 6.16 Å². The Morgan fingerprint density at radius 2 is 2.15 bits per heavy atom. The molecule has 1 amide bonds. The van der Waals surface area contributed by atoms with Crippen LogP contribution in [0.3, 0.4) is 0 Å². The summed E-state index contributed by atoms with van der Waals surface area (Å²) in [7, 11) is 1.56. The van der Waals surface area contributed by atoms with E-state index < -0.39 is 6.16 Å². The van der Waals surface area contributed by atoms with Gasteiger partial charge in [-0.2, -0.15) is 0 Å². The fourth-order valence-corrected chi connectivity index (χ4v) is 5.01. The molecule has 180 valence electrons. The Kier molecular flexibility index (Phi) is 7.22. The summed E-state index contributed by atoms with van der Waals surface area (Å²) in [5.74, 6) is -0.377. The highest BCUT2D eigenvalue weighted by Crippen LogP contribution is 2.39. The second-order valence-electron chi connectivity index (χ2n) is 7.44. The van der Waals surface area contributed by atoms with Crippen LogP contribution >= 0.6 is 34.5 Å². The van der Waals surface area contributed by atoms with E-state index >= 15 is 0 Å². The van der Waals surface area contributed by atoms with E-state index in [1.807, 2.05) is 4.90 Å². The summed E-state index contributed by atoms with van der Waals surface area (Å²) < 4.78 is 10.6. The lowest BCUT2D eigenvalue weighted by molar-refractivity contribution is 0.0540. The fourth-order valence-electron chi connectivity index (χ4n) is 3.63. The van der Waals surface area contributed by atoms with Crippen LogP contribution in [-0.4, -0.2) is 69.5 Å². The minimum atomic E-state index is -1.44. The van der Waals surface area contributed by atoms with E-state index in [2.05, 4.69) is 25.3 Å². The number of anilines is 1. The number of aromatic amines is 1. The molecule has 0 aromatic carbocycles. The first-order chi connectivity index (χ1) is 16.3. The molecule has 0 unspecified atom stereocenters. The van der Waals surface area contributed by atoms with Crippen molar-refractivity contribution in [3.63, 3.8) is 0 Å². The van der Waals surface area contributed by atoms with E-state index in [4.69, 9.17) is 37.8 Å². The number of carboxylic acid groups (broad SMARTS) is 1. The van der Waals surface area contributed by atoms with Gasteiger partial charge in [0.1, 0.15) is 17.7 Å². The van der Waals surface area contributed by atoms with Crippen molar-refractivity contribution in [2.75, 3.05) is 25.1 Å². The van der Waals surface area contributed by atoms with Crippen LogP contribution in [0.4, 0.5) is 9.93 Å². The van der Waals surface area contributed by atoms with Crippen LogP contribution in [0.25, 0.3) is 11.4 Å². The van der Waals surface area contributed by atoms with E-state index in [0.717, 1.165) is 11.3 Å². The molecule has 3 N–H and O–H groups in total. The van der Waals surface area contributed by atoms with Crippen LogP contribution in [0, 0.1) is 6.92 Å². The number of thiazole rings is 1. The minimum Gasteiger partial charge on any atom is -0.449 e. The zero-order chi connectivity index (χ0) is 24.4. The lowest BCUT2D eigenvalue weighted by Gasteiger charge is -2.37. The topological polar surface area (TPSA) is 143 Å². The number of methoxy groups -OCH3 is 1. The Balaban J connectivity index is 1.51. The van der Waals surface area contributed by atoms with Crippen LogP contribution in [-0.2, 0) is 4.74 Å². The van der Waals surface area contributed by atoms with Gasteiger partial charge in [0, 0.05) is 32.1 Å². The number of nitrogens with one attached hydrogen (secondary N) is 2. The Bertz CT molecular complexity index is 1200. The third-order valence-corrected chi connectivity index (χ3v) is 7.26. The van der Waals surface area contributed by atoms with Crippen molar-refractivity contribution in [1.29, 1.82) is 0 Å². The number of hydrogen-bond acceptors (Lipinski definition) is 9. The number of rotatable bonds is 6. The number of hydrogen-bond donors (Lipinski definition) is 3. The third-order valence-electron chi connectivity index (χ3n) is 5.32. The molecule has 14 heteroatoms. The second kappa shape index (κ2) is 10.1. The predicted molar refractivity (Wildman–Crippen MR) is 126 cm³/mol. The maximum atomic E-state index is 12.8. The first kappa shape index (κ1) is 24.2. The second-order valence-corrected chi connectivity index (χ2v) is 9.13. The maximum Gasteiger partial charge on any atom is 0.512 e. The SMILES string of the molecule is CO[C@H]1CN(c2nc(-c3ccncn3)c(OC(=O)O)s2)CC[C@H]1NC(=O)c1[nH]c(C)c(Cl)c1Cl. The molecule has 0 bridgehead atoms. The average Bonchev–Trinajstić information content (AvgIpc) is 3.35. The van der Waals surface area contributed by atoms with Gasteiger partial charge in [-0.05, 0) is 19.4 Å². The number of amides is 1. The molecule has 1 aliphatic rings. The van der Waals surface area contributed by atoms with Crippen molar-refractivity contribution < 1.29 is 24.2 Å². The number of H-pyrrole nitrogens is 1. The van der Waals surface area contributed by atoms with E-state index in [1.165, 1.54) is 12.5 Å². The summed E-state index contributed by atoms with van der Waals surface area (Å²) in [5.41, 5.74) is 1.56. The van der Waals surface area contributed by atoms with E-state index in [1.54, 1.807) is 20.1 Å². The Morgan fingerprint density at radius 3 is 2.76 bits per heavy atom. The normalized spacial score (nSPS) is 18.1. The number of piperidine rings is 1. The van der Waals surface area contributed by atoms with Gasteiger partial charge in [-0.15, -0.1) is 0 Å². The van der Waals surface area contributed by atoms with Crippen molar-refractivity contribution in [2.24, 2.45) is 0 Å². The summed E-state index contributed by atoms with van der Waals surface area (Å²) in [6.45, 7) is 2.67. The molecule has 1 fully saturated rings. The number of aromatic nitrogens is 4. The number of halogens is 2. The van der Waals surface area contributed by atoms with Gasteiger partial charge in [-0.3, -0.25) is 4.79 Å². The van der Waals surface area contributed by atoms with Gasteiger partial charge in [0.05, 0.1) is 27.9 Å².